The molecule has 2 N–H and O–H groups in total. The molecular weight excluding hydrogens is 438 g/mol. The Morgan fingerprint density at radius 2 is 1.59 bits per heavy atom. The van der Waals surface area contributed by atoms with Crippen LogP contribution in [0.4, 0.5) is 11.4 Å². The Hall–Kier alpha value is -4.53. The van der Waals surface area contributed by atoms with Crippen molar-refractivity contribution in [1.82, 2.24) is 5.32 Å². The minimum Gasteiger partial charge on any atom is -0.454 e. The number of amides is 2. The number of nitrogens with zero attached hydrogens (tertiary/aromatic N) is 1. The second-order valence-corrected chi connectivity index (χ2v) is 7.46. The van der Waals surface area contributed by atoms with Crippen LogP contribution in [-0.2, 0) is 20.7 Å². The zero-order valence-electron chi connectivity index (χ0n) is 18.4. The molecule has 0 heterocycles. The standard InChI is InChI=1S/C25H23N3O6/c1-17-9-8-14-21(28(32)33)23(17)27-22(29)16-34-25(31)20(15-18-10-4-2-5-11-18)26-24(30)19-12-6-3-7-13-19/h2-14,20H,15-16H2,1H3,(H,26,30)(H,27,29). The molecule has 2 amide bonds. The van der Waals surface area contributed by atoms with E-state index in [1.165, 1.54) is 12.1 Å². The molecule has 174 valence electrons. The van der Waals surface area contributed by atoms with Gasteiger partial charge in [-0.15, -0.1) is 0 Å². The SMILES string of the molecule is Cc1cccc([N+](=O)[O-])c1NC(=O)COC(=O)C(Cc1ccccc1)NC(=O)c1ccccc1. The second-order valence-electron chi connectivity index (χ2n) is 7.46. The van der Waals surface area contributed by atoms with Gasteiger partial charge in [0.15, 0.2) is 6.61 Å². The molecule has 0 aliphatic heterocycles. The summed E-state index contributed by atoms with van der Waals surface area (Å²) < 4.78 is 5.15. The summed E-state index contributed by atoms with van der Waals surface area (Å²) in [4.78, 5) is 48.4. The number of rotatable bonds is 9. The number of hydrogen-bond acceptors (Lipinski definition) is 6. The van der Waals surface area contributed by atoms with Gasteiger partial charge in [0, 0.05) is 18.1 Å². The zero-order chi connectivity index (χ0) is 24.5. The highest BCUT2D eigenvalue weighted by Gasteiger charge is 2.25. The number of nitrogens with one attached hydrogen (secondary N) is 2. The lowest BCUT2D eigenvalue weighted by Gasteiger charge is -2.18. The van der Waals surface area contributed by atoms with Crippen LogP contribution in [0.5, 0.6) is 0 Å². The number of hydrogen-bond donors (Lipinski definition) is 2. The first-order valence-electron chi connectivity index (χ1n) is 10.5. The van der Waals surface area contributed by atoms with Gasteiger partial charge in [-0.3, -0.25) is 19.7 Å². The van der Waals surface area contributed by atoms with Crippen LogP contribution in [0.25, 0.3) is 0 Å². The second kappa shape index (κ2) is 11.4. The van der Waals surface area contributed by atoms with E-state index in [1.54, 1.807) is 67.6 Å². The normalized spacial score (nSPS) is 11.2. The number of ether oxygens (including phenoxy) is 1. The lowest BCUT2D eigenvalue weighted by atomic mass is 10.1. The summed E-state index contributed by atoms with van der Waals surface area (Å²) >= 11 is 0. The van der Waals surface area contributed by atoms with Crippen LogP contribution in [0.3, 0.4) is 0 Å². The Bertz CT molecular complexity index is 1180. The monoisotopic (exact) mass is 461 g/mol. The Kier molecular flexibility index (Phi) is 8.07. The van der Waals surface area contributed by atoms with Crippen LogP contribution in [0.2, 0.25) is 0 Å². The quantitative estimate of drug-likeness (QED) is 0.285. The molecule has 3 aromatic carbocycles. The lowest BCUT2D eigenvalue weighted by Crippen LogP contribution is -2.44. The number of aryl methyl sites for hydroxylation is 1. The minimum atomic E-state index is -1.05. The molecule has 34 heavy (non-hydrogen) atoms. The first kappa shape index (κ1) is 24.1. The zero-order valence-corrected chi connectivity index (χ0v) is 18.4. The van der Waals surface area contributed by atoms with Crippen LogP contribution in [0.1, 0.15) is 21.5 Å². The van der Waals surface area contributed by atoms with E-state index in [2.05, 4.69) is 10.6 Å². The molecule has 9 nitrogen and oxygen atoms in total. The Morgan fingerprint density at radius 1 is 0.941 bits per heavy atom. The third-order valence-electron chi connectivity index (χ3n) is 4.97. The number of nitro benzene ring substituents is 1. The average molecular weight is 461 g/mol. The predicted molar refractivity (Wildman–Crippen MR) is 125 cm³/mol. The van der Waals surface area contributed by atoms with Crippen molar-refractivity contribution in [2.75, 3.05) is 11.9 Å². The summed E-state index contributed by atoms with van der Waals surface area (Å²) in [5, 5.41) is 16.3. The van der Waals surface area contributed by atoms with E-state index in [0.29, 0.717) is 11.1 Å². The molecule has 0 saturated heterocycles. The lowest BCUT2D eigenvalue weighted by molar-refractivity contribution is -0.384. The van der Waals surface area contributed by atoms with Gasteiger partial charge in [0.2, 0.25) is 0 Å². The number of para-hydroxylation sites is 1. The van der Waals surface area contributed by atoms with Gasteiger partial charge in [-0.25, -0.2) is 4.79 Å². The Balaban J connectivity index is 1.68. The molecule has 0 aliphatic carbocycles. The van der Waals surface area contributed by atoms with Gasteiger partial charge in [-0.2, -0.15) is 0 Å². The van der Waals surface area contributed by atoms with Gasteiger partial charge in [0.05, 0.1) is 4.92 Å². The van der Waals surface area contributed by atoms with Gasteiger partial charge in [0.1, 0.15) is 11.7 Å². The Morgan fingerprint density at radius 3 is 2.24 bits per heavy atom. The number of benzene rings is 3. The van der Waals surface area contributed by atoms with Gasteiger partial charge in [-0.05, 0) is 30.2 Å². The molecule has 0 fully saturated rings. The van der Waals surface area contributed by atoms with Crippen molar-refractivity contribution in [3.63, 3.8) is 0 Å². The molecule has 0 aliphatic rings. The molecule has 3 aromatic rings. The molecule has 1 atom stereocenters. The topological polar surface area (TPSA) is 128 Å². The maximum absolute atomic E-state index is 12.8. The van der Waals surface area contributed by atoms with E-state index in [9.17, 15) is 24.5 Å². The molecule has 9 heteroatoms. The molecule has 0 aromatic heterocycles. The van der Waals surface area contributed by atoms with Gasteiger partial charge < -0.3 is 15.4 Å². The molecule has 0 radical (unpaired) electrons. The maximum Gasteiger partial charge on any atom is 0.329 e. The molecular formula is C25H23N3O6. The average Bonchev–Trinajstić information content (AvgIpc) is 2.84. The smallest absolute Gasteiger partial charge is 0.329 e. The van der Waals surface area contributed by atoms with E-state index < -0.39 is 35.4 Å². The third-order valence-corrected chi connectivity index (χ3v) is 4.97. The van der Waals surface area contributed by atoms with Crippen molar-refractivity contribution in [3.8, 4) is 0 Å². The van der Waals surface area contributed by atoms with E-state index in [4.69, 9.17) is 4.74 Å². The van der Waals surface area contributed by atoms with E-state index in [0.717, 1.165) is 5.56 Å². The van der Waals surface area contributed by atoms with Crippen LogP contribution < -0.4 is 10.6 Å². The largest absolute Gasteiger partial charge is 0.454 e. The van der Waals surface area contributed by atoms with Crippen LogP contribution in [0, 0.1) is 17.0 Å². The molecule has 1 unspecified atom stereocenters. The first-order valence-corrected chi connectivity index (χ1v) is 10.5. The number of esters is 1. The van der Waals surface area contributed by atoms with Crippen molar-refractivity contribution in [2.24, 2.45) is 0 Å². The molecule has 0 saturated carbocycles. The highest BCUT2D eigenvalue weighted by molar-refractivity contribution is 5.98. The Labute approximate surface area is 195 Å². The fourth-order valence-electron chi connectivity index (χ4n) is 3.25. The first-order chi connectivity index (χ1) is 16.3. The third kappa shape index (κ3) is 6.49. The minimum absolute atomic E-state index is 0.0340. The van der Waals surface area contributed by atoms with Crippen molar-refractivity contribution in [1.29, 1.82) is 0 Å². The molecule has 0 bridgehead atoms. The van der Waals surface area contributed by atoms with Crippen LogP contribution in [-0.4, -0.2) is 35.4 Å². The fraction of sp³-hybridized carbons (Fsp3) is 0.160. The molecule has 0 spiro atoms. The van der Waals surface area contributed by atoms with Crippen molar-refractivity contribution in [3.05, 3.63) is 106 Å². The summed E-state index contributed by atoms with van der Waals surface area (Å²) in [5.74, 6) is -2.00. The number of carbonyl (C=O) groups excluding carboxylic acids is 3. The summed E-state index contributed by atoms with van der Waals surface area (Å²) in [7, 11) is 0. The highest BCUT2D eigenvalue weighted by atomic mass is 16.6. The van der Waals surface area contributed by atoms with E-state index >= 15 is 0 Å². The van der Waals surface area contributed by atoms with Gasteiger partial charge in [0.25, 0.3) is 17.5 Å². The van der Waals surface area contributed by atoms with Gasteiger partial charge >= 0.3 is 5.97 Å². The highest BCUT2D eigenvalue weighted by Crippen LogP contribution is 2.27. The van der Waals surface area contributed by atoms with Crippen LogP contribution >= 0.6 is 0 Å². The predicted octanol–water partition coefficient (Wildman–Crippen LogP) is 3.43. The van der Waals surface area contributed by atoms with Crippen molar-refractivity contribution < 1.29 is 24.0 Å². The van der Waals surface area contributed by atoms with Crippen molar-refractivity contribution >= 4 is 29.2 Å². The summed E-state index contributed by atoms with van der Waals surface area (Å²) in [6.45, 7) is 0.945. The summed E-state index contributed by atoms with van der Waals surface area (Å²) in [6, 6.07) is 20.8. The van der Waals surface area contributed by atoms with Crippen LogP contribution in [0.15, 0.2) is 78.9 Å². The maximum atomic E-state index is 12.8. The summed E-state index contributed by atoms with van der Waals surface area (Å²) in [5.41, 5.74) is 1.42. The number of anilines is 1. The molecule has 3 rings (SSSR count). The fourth-order valence-corrected chi connectivity index (χ4v) is 3.25. The van der Waals surface area contributed by atoms with Gasteiger partial charge in [-0.1, -0.05) is 60.7 Å². The van der Waals surface area contributed by atoms with E-state index in [-0.39, 0.29) is 17.8 Å². The summed E-state index contributed by atoms with van der Waals surface area (Å²) in [6.07, 6.45) is 0.156. The number of carbonyl (C=O) groups is 3. The van der Waals surface area contributed by atoms with Crippen molar-refractivity contribution in [2.45, 2.75) is 19.4 Å². The number of nitro groups is 1. The van der Waals surface area contributed by atoms with E-state index in [1.807, 2.05) is 6.07 Å².